The van der Waals surface area contributed by atoms with Gasteiger partial charge in [-0.2, -0.15) is 11.8 Å². The summed E-state index contributed by atoms with van der Waals surface area (Å²) in [6.45, 7) is 7.88. The Bertz CT molecular complexity index is 149. The molecule has 2 N–H and O–H groups in total. The maximum Gasteiger partial charge on any atom is 0.00692 e. The quantitative estimate of drug-likeness (QED) is 0.662. The molecule has 2 nitrogen and oxygen atoms in total. The first-order valence-electron chi connectivity index (χ1n) is 5.89. The molecule has 0 spiro atoms. The number of hydrogen-bond donors (Lipinski definition) is 1. The molecule has 0 bridgehead atoms. The molecule has 0 aliphatic carbocycles. The monoisotopic (exact) mass is 232 g/mol. The van der Waals surface area contributed by atoms with Crippen molar-refractivity contribution in [3.05, 3.63) is 0 Å². The van der Waals surface area contributed by atoms with Crippen LogP contribution >= 0.6 is 11.8 Å². The van der Waals surface area contributed by atoms with Gasteiger partial charge in [0, 0.05) is 12.3 Å². The summed E-state index contributed by atoms with van der Waals surface area (Å²) in [5.74, 6) is 1.24. The molecule has 0 radical (unpaired) electrons. The Kier molecular flexibility index (Phi) is 8.58. The number of rotatable bonds is 9. The van der Waals surface area contributed by atoms with Crippen LogP contribution in [0.5, 0.6) is 0 Å². The zero-order valence-corrected chi connectivity index (χ0v) is 11.7. The van der Waals surface area contributed by atoms with Gasteiger partial charge in [-0.15, -0.1) is 0 Å². The van der Waals surface area contributed by atoms with Gasteiger partial charge in [0.15, 0.2) is 0 Å². The van der Waals surface area contributed by atoms with Crippen molar-refractivity contribution in [2.75, 3.05) is 38.7 Å². The molecule has 3 heteroatoms. The average Bonchev–Trinajstić information content (AvgIpc) is 2.14. The number of hydrogen-bond acceptors (Lipinski definition) is 3. The summed E-state index contributed by atoms with van der Waals surface area (Å²) in [5.41, 5.74) is 6.02. The maximum atomic E-state index is 5.60. The first kappa shape index (κ1) is 15.3. The lowest BCUT2D eigenvalue weighted by atomic mass is 9.84. The standard InChI is InChI=1S/C12H28N2S/c1-12(2,7-8-13)6-5-9-14(3)10-11-15-4/h5-11,13H2,1-4H3. The van der Waals surface area contributed by atoms with Crippen LogP contribution < -0.4 is 5.73 Å². The first-order chi connectivity index (χ1) is 7.02. The van der Waals surface area contributed by atoms with Crippen LogP contribution in [-0.4, -0.2) is 43.6 Å². The van der Waals surface area contributed by atoms with Crippen molar-refractivity contribution >= 4 is 11.8 Å². The number of thioether (sulfide) groups is 1. The van der Waals surface area contributed by atoms with Crippen LogP contribution in [0, 0.1) is 5.41 Å². The van der Waals surface area contributed by atoms with Crippen molar-refractivity contribution in [1.82, 2.24) is 4.90 Å². The minimum Gasteiger partial charge on any atom is -0.330 e. The van der Waals surface area contributed by atoms with Gasteiger partial charge in [0.1, 0.15) is 0 Å². The number of nitrogens with zero attached hydrogens (tertiary/aromatic N) is 1. The summed E-state index contributed by atoms with van der Waals surface area (Å²) in [6, 6.07) is 0. The van der Waals surface area contributed by atoms with Crippen LogP contribution in [-0.2, 0) is 0 Å². The molecule has 92 valence electrons. The second-order valence-electron chi connectivity index (χ2n) is 5.10. The zero-order chi connectivity index (χ0) is 11.7. The molecule has 0 unspecified atom stereocenters. The Labute approximate surface area is 100.0 Å². The van der Waals surface area contributed by atoms with E-state index in [9.17, 15) is 0 Å². The molecule has 0 aliphatic heterocycles. The fourth-order valence-electron chi connectivity index (χ4n) is 1.70. The fraction of sp³-hybridized carbons (Fsp3) is 1.00. The van der Waals surface area contributed by atoms with E-state index in [1.807, 2.05) is 11.8 Å². The average molecular weight is 232 g/mol. The Balaban J connectivity index is 3.51. The second-order valence-corrected chi connectivity index (χ2v) is 6.09. The molecule has 0 atom stereocenters. The molecule has 0 saturated heterocycles. The van der Waals surface area contributed by atoms with E-state index >= 15 is 0 Å². The molecule has 0 fully saturated rings. The fourth-order valence-corrected chi connectivity index (χ4v) is 2.20. The van der Waals surface area contributed by atoms with E-state index in [0.717, 1.165) is 13.0 Å². The Morgan fingerprint density at radius 2 is 1.87 bits per heavy atom. The Morgan fingerprint density at radius 3 is 2.40 bits per heavy atom. The van der Waals surface area contributed by atoms with Crippen molar-refractivity contribution in [3.63, 3.8) is 0 Å². The molecule has 0 aromatic carbocycles. The molecule has 0 saturated carbocycles. The van der Waals surface area contributed by atoms with Crippen LogP contribution in [0.2, 0.25) is 0 Å². The third kappa shape index (κ3) is 9.21. The van der Waals surface area contributed by atoms with Crippen LogP contribution in [0.4, 0.5) is 0 Å². The van der Waals surface area contributed by atoms with E-state index in [0.29, 0.717) is 5.41 Å². The SMILES string of the molecule is CSCCN(C)CCCC(C)(C)CCN. The molecule has 0 aliphatic rings. The summed E-state index contributed by atoms with van der Waals surface area (Å²) in [6.07, 6.45) is 5.88. The van der Waals surface area contributed by atoms with Crippen molar-refractivity contribution in [2.24, 2.45) is 11.1 Å². The third-order valence-electron chi connectivity index (χ3n) is 2.89. The van der Waals surface area contributed by atoms with Gasteiger partial charge in [0.2, 0.25) is 0 Å². The summed E-state index contributed by atoms with van der Waals surface area (Å²) in [4.78, 5) is 2.43. The van der Waals surface area contributed by atoms with Crippen LogP contribution in [0.15, 0.2) is 0 Å². The predicted molar refractivity (Wildman–Crippen MR) is 72.6 cm³/mol. The third-order valence-corrected chi connectivity index (χ3v) is 3.48. The second kappa shape index (κ2) is 8.43. The van der Waals surface area contributed by atoms with Crippen LogP contribution in [0.25, 0.3) is 0 Å². The minimum atomic E-state index is 0.426. The van der Waals surface area contributed by atoms with Crippen LogP contribution in [0.3, 0.4) is 0 Å². The van der Waals surface area contributed by atoms with Crippen molar-refractivity contribution in [2.45, 2.75) is 33.1 Å². The van der Waals surface area contributed by atoms with E-state index in [1.165, 1.54) is 31.7 Å². The normalized spacial score (nSPS) is 12.4. The predicted octanol–water partition coefficient (Wildman–Crippen LogP) is 2.44. The first-order valence-corrected chi connectivity index (χ1v) is 7.29. The summed E-state index contributed by atoms with van der Waals surface area (Å²) in [7, 11) is 2.21. The van der Waals surface area contributed by atoms with E-state index in [1.54, 1.807) is 0 Å². The summed E-state index contributed by atoms with van der Waals surface area (Å²) in [5, 5.41) is 0. The largest absolute Gasteiger partial charge is 0.330 e. The molecule has 0 amide bonds. The molecular formula is C12H28N2S. The van der Waals surface area contributed by atoms with Gasteiger partial charge < -0.3 is 10.6 Å². The van der Waals surface area contributed by atoms with Crippen molar-refractivity contribution < 1.29 is 0 Å². The summed E-state index contributed by atoms with van der Waals surface area (Å²) >= 11 is 1.92. The lowest BCUT2D eigenvalue weighted by Gasteiger charge is -2.25. The highest BCUT2D eigenvalue weighted by molar-refractivity contribution is 7.98. The Morgan fingerprint density at radius 1 is 1.20 bits per heavy atom. The highest BCUT2D eigenvalue weighted by Crippen LogP contribution is 2.25. The zero-order valence-electron chi connectivity index (χ0n) is 10.9. The van der Waals surface area contributed by atoms with Gasteiger partial charge in [-0.3, -0.25) is 0 Å². The van der Waals surface area contributed by atoms with Gasteiger partial charge in [-0.1, -0.05) is 13.8 Å². The van der Waals surface area contributed by atoms with E-state index in [4.69, 9.17) is 5.73 Å². The van der Waals surface area contributed by atoms with Gasteiger partial charge >= 0.3 is 0 Å². The number of nitrogens with two attached hydrogens (primary N) is 1. The van der Waals surface area contributed by atoms with E-state index in [-0.39, 0.29) is 0 Å². The van der Waals surface area contributed by atoms with Gasteiger partial charge in [0.25, 0.3) is 0 Å². The molecule has 0 heterocycles. The smallest absolute Gasteiger partial charge is 0.00692 e. The van der Waals surface area contributed by atoms with Gasteiger partial charge in [0.05, 0.1) is 0 Å². The van der Waals surface area contributed by atoms with Crippen molar-refractivity contribution in [3.8, 4) is 0 Å². The molecule has 0 aromatic heterocycles. The van der Waals surface area contributed by atoms with E-state index in [2.05, 4.69) is 32.1 Å². The van der Waals surface area contributed by atoms with Gasteiger partial charge in [-0.05, 0) is 51.1 Å². The molecular weight excluding hydrogens is 204 g/mol. The highest BCUT2D eigenvalue weighted by atomic mass is 32.2. The summed E-state index contributed by atoms with van der Waals surface area (Å²) < 4.78 is 0. The highest BCUT2D eigenvalue weighted by Gasteiger charge is 2.16. The maximum absolute atomic E-state index is 5.60. The topological polar surface area (TPSA) is 29.3 Å². The Hall–Kier alpha value is 0.270. The van der Waals surface area contributed by atoms with Crippen molar-refractivity contribution in [1.29, 1.82) is 0 Å². The molecule has 0 rings (SSSR count). The van der Waals surface area contributed by atoms with Crippen LogP contribution in [0.1, 0.15) is 33.1 Å². The minimum absolute atomic E-state index is 0.426. The lowest BCUT2D eigenvalue weighted by Crippen LogP contribution is -2.24. The van der Waals surface area contributed by atoms with Gasteiger partial charge in [-0.25, -0.2) is 0 Å². The van der Waals surface area contributed by atoms with E-state index < -0.39 is 0 Å². The molecule has 0 aromatic rings. The molecule has 15 heavy (non-hydrogen) atoms. The lowest BCUT2D eigenvalue weighted by molar-refractivity contribution is 0.269.